The van der Waals surface area contributed by atoms with Crippen molar-refractivity contribution >= 4 is 5.95 Å². The van der Waals surface area contributed by atoms with Crippen LogP contribution in [0, 0.1) is 11.3 Å². The fraction of sp³-hybridized carbons (Fsp3) is 0.500. The molecule has 0 aliphatic carbocycles. The summed E-state index contributed by atoms with van der Waals surface area (Å²) < 4.78 is 4.72. The molecule has 0 aliphatic heterocycles. The molecule has 0 fully saturated rings. The highest BCUT2D eigenvalue weighted by molar-refractivity contribution is 5.10. The Morgan fingerprint density at radius 1 is 1.64 bits per heavy atom. The van der Waals surface area contributed by atoms with Crippen LogP contribution in [0.3, 0.4) is 0 Å². The molecule has 1 aromatic rings. The molecule has 5 nitrogen and oxygen atoms in total. The first kappa shape index (κ1) is 7.54. The van der Waals surface area contributed by atoms with E-state index in [1.54, 1.807) is 0 Å². The average molecular weight is 152 g/mol. The van der Waals surface area contributed by atoms with Crippen LogP contribution in [-0.2, 0) is 6.42 Å². The van der Waals surface area contributed by atoms with Crippen LogP contribution in [0.4, 0.5) is 5.95 Å². The van der Waals surface area contributed by atoms with Gasteiger partial charge in [-0.15, -0.1) is 0 Å². The Balaban J connectivity index is 2.34. The number of nitriles is 1. The van der Waals surface area contributed by atoms with Gasteiger partial charge in [-0.25, -0.2) is 0 Å². The highest BCUT2D eigenvalue weighted by Gasteiger charge is 2.00. The molecule has 0 aromatic carbocycles. The molecule has 58 valence electrons. The van der Waals surface area contributed by atoms with E-state index in [4.69, 9.17) is 15.5 Å². The number of nitrogens with two attached hydrogens (primary N) is 1. The lowest BCUT2D eigenvalue weighted by atomic mass is 10.2. The summed E-state index contributed by atoms with van der Waals surface area (Å²) in [4.78, 5) is 3.77. The van der Waals surface area contributed by atoms with Gasteiger partial charge < -0.3 is 10.3 Å². The second kappa shape index (κ2) is 3.56. The van der Waals surface area contributed by atoms with Gasteiger partial charge in [0.25, 0.3) is 5.95 Å². The van der Waals surface area contributed by atoms with Crippen molar-refractivity contribution in [2.75, 3.05) is 5.73 Å². The van der Waals surface area contributed by atoms with Gasteiger partial charge in [-0.05, 0) is 11.6 Å². The fourth-order valence-corrected chi connectivity index (χ4v) is 0.688. The molecule has 0 spiro atoms. The molecule has 0 saturated heterocycles. The van der Waals surface area contributed by atoms with Gasteiger partial charge in [0.05, 0.1) is 6.07 Å². The van der Waals surface area contributed by atoms with Crippen LogP contribution in [0.1, 0.15) is 18.7 Å². The van der Waals surface area contributed by atoms with Crippen molar-refractivity contribution in [1.82, 2.24) is 10.1 Å². The zero-order valence-corrected chi connectivity index (χ0v) is 5.95. The van der Waals surface area contributed by atoms with E-state index < -0.39 is 0 Å². The highest BCUT2D eigenvalue weighted by atomic mass is 16.5. The molecule has 1 aromatic heterocycles. The van der Waals surface area contributed by atoms with Gasteiger partial charge in [-0.3, -0.25) is 0 Å². The van der Waals surface area contributed by atoms with Crippen molar-refractivity contribution in [3.63, 3.8) is 0 Å². The first-order valence-electron chi connectivity index (χ1n) is 3.28. The molecule has 0 amide bonds. The SMILES string of the molecule is N#CCCCc1nc(N)no1. The minimum Gasteiger partial charge on any atom is -0.365 e. The molecule has 2 N–H and O–H groups in total. The van der Waals surface area contributed by atoms with E-state index in [9.17, 15) is 0 Å². The van der Waals surface area contributed by atoms with E-state index in [1.165, 1.54) is 0 Å². The summed E-state index contributed by atoms with van der Waals surface area (Å²) in [6, 6.07) is 2.02. The second-order valence-electron chi connectivity index (χ2n) is 2.06. The zero-order valence-electron chi connectivity index (χ0n) is 5.95. The van der Waals surface area contributed by atoms with Crippen molar-refractivity contribution in [2.24, 2.45) is 0 Å². The summed E-state index contributed by atoms with van der Waals surface area (Å²) in [7, 11) is 0. The van der Waals surface area contributed by atoms with E-state index in [2.05, 4.69) is 10.1 Å². The van der Waals surface area contributed by atoms with Gasteiger partial charge in [0.1, 0.15) is 0 Å². The third-order valence-corrected chi connectivity index (χ3v) is 1.16. The lowest BCUT2D eigenvalue weighted by molar-refractivity contribution is 0.377. The maximum absolute atomic E-state index is 8.21. The number of hydrogen-bond donors (Lipinski definition) is 1. The first-order chi connectivity index (χ1) is 5.33. The molecule has 5 heteroatoms. The maximum Gasteiger partial charge on any atom is 0.260 e. The van der Waals surface area contributed by atoms with E-state index >= 15 is 0 Å². The van der Waals surface area contributed by atoms with E-state index in [-0.39, 0.29) is 5.95 Å². The predicted molar refractivity (Wildman–Crippen MR) is 37.3 cm³/mol. The third-order valence-electron chi connectivity index (χ3n) is 1.16. The lowest BCUT2D eigenvalue weighted by Gasteiger charge is -1.85. The number of nitrogens with zero attached hydrogens (tertiary/aromatic N) is 3. The van der Waals surface area contributed by atoms with Crippen molar-refractivity contribution in [2.45, 2.75) is 19.3 Å². The van der Waals surface area contributed by atoms with Crippen molar-refractivity contribution in [3.8, 4) is 6.07 Å². The molecular weight excluding hydrogens is 144 g/mol. The summed E-state index contributed by atoms with van der Waals surface area (Å²) in [6.07, 6.45) is 1.86. The van der Waals surface area contributed by atoms with Crippen LogP contribution in [0.25, 0.3) is 0 Å². The van der Waals surface area contributed by atoms with Gasteiger partial charge in [-0.2, -0.15) is 10.2 Å². The minimum absolute atomic E-state index is 0.150. The molecule has 0 bridgehead atoms. The number of rotatable bonds is 3. The second-order valence-corrected chi connectivity index (χ2v) is 2.06. The monoisotopic (exact) mass is 152 g/mol. The standard InChI is InChI=1S/C6H8N4O/c7-4-2-1-3-5-9-6(8)10-11-5/h1-3H2,(H2,8,10). The maximum atomic E-state index is 8.21. The normalized spacial score (nSPS) is 9.36. The number of hydrogen-bond acceptors (Lipinski definition) is 5. The molecule has 0 radical (unpaired) electrons. The predicted octanol–water partition coefficient (Wildman–Crippen LogP) is 0.498. The topological polar surface area (TPSA) is 88.7 Å². The smallest absolute Gasteiger partial charge is 0.260 e. The molecule has 0 aliphatic rings. The molecular formula is C6H8N4O. The van der Waals surface area contributed by atoms with Crippen LogP contribution >= 0.6 is 0 Å². The highest BCUT2D eigenvalue weighted by Crippen LogP contribution is 2.02. The molecule has 0 atom stereocenters. The number of anilines is 1. The lowest BCUT2D eigenvalue weighted by Crippen LogP contribution is -1.88. The van der Waals surface area contributed by atoms with E-state index in [1.807, 2.05) is 6.07 Å². The van der Waals surface area contributed by atoms with Crippen LogP contribution in [0.15, 0.2) is 4.52 Å². The molecule has 0 unspecified atom stereocenters. The number of unbranched alkanes of at least 4 members (excludes halogenated alkanes) is 1. The zero-order chi connectivity index (χ0) is 8.10. The van der Waals surface area contributed by atoms with E-state index in [0.717, 1.165) is 6.42 Å². The number of aromatic nitrogens is 2. The Morgan fingerprint density at radius 2 is 2.45 bits per heavy atom. The Morgan fingerprint density at radius 3 is 3.00 bits per heavy atom. The van der Waals surface area contributed by atoms with Crippen LogP contribution in [0.2, 0.25) is 0 Å². The number of aryl methyl sites for hydroxylation is 1. The molecule has 1 rings (SSSR count). The van der Waals surface area contributed by atoms with Crippen molar-refractivity contribution in [3.05, 3.63) is 5.89 Å². The summed E-state index contributed by atoms with van der Waals surface area (Å²) >= 11 is 0. The molecule has 0 saturated carbocycles. The van der Waals surface area contributed by atoms with Gasteiger partial charge in [0.2, 0.25) is 5.89 Å². The van der Waals surface area contributed by atoms with Crippen LogP contribution in [-0.4, -0.2) is 10.1 Å². The first-order valence-corrected chi connectivity index (χ1v) is 3.28. The summed E-state index contributed by atoms with van der Waals surface area (Å²) in [6.45, 7) is 0. The average Bonchev–Trinajstić information content (AvgIpc) is 2.37. The largest absolute Gasteiger partial charge is 0.365 e. The molecule has 1 heterocycles. The van der Waals surface area contributed by atoms with Crippen LogP contribution in [0.5, 0.6) is 0 Å². The third kappa shape index (κ3) is 2.26. The quantitative estimate of drug-likeness (QED) is 0.637. The minimum atomic E-state index is 0.150. The van der Waals surface area contributed by atoms with Crippen molar-refractivity contribution < 1.29 is 4.52 Å². The van der Waals surface area contributed by atoms with Crippen molar-refractivity contribution in [1.29, 1.82) is 5.26 Å². The fourth-order valence-electron chi connectivity index (χ4n) is 0.688. The summed E-state index contributed by atoms with van der Waals surface area (Å²) in [5.74, 6) is 0.648. The summed E-state index contributed by atoms with van der Waals surface area (Å²) in [5.41, 5.74) is 5.20. The Hall–Kier alpha value is -1.57. The Kier molecular flexibility index (Phi) is 2.44. The van der Waals surface area contributed by atoms with Crippen LogP contribution < -0.4 is 5.73 Å². The van der Waals surface area contributed by atoms with Gasteiger partial charge in [-0.1, -0.05) is 0 Å². The number of nitrogen functional groups attached to an aromatic ring is 1. The van der Waals surface area contributed by atoms with Gasteiger partial charge in [0.15, 0.2) is 0 Å². The summed E-state index contributed by atoms with van der Waals surface area (Å²) in [5, 5.41) is 11.6. The molecule has 11 heavy (non-hydrogen) atoms. The van der Waals surface area contributed by atoms with Gasteiger partial charge >= 0.3 is 0 Å². The Labute approximate surface area is 63.8 Å². The van der Waals surface area contributed by atoms with Gasteiger partial charge in [0, 0.05) is 12.8 Å². The van der Waals surface area contributed by atoms with E-state index in [0.29, 0.717) is 18.7 Å². The Bertz CT molecular complexity index is 262.